The molecule has 0 saturated carbocycles. The van der Waals surface area contributed by atoms with Gasteiger partial charge in [0.05, 0.1) is 11.0 Å². The first-order valence-electron chi connectivity index (χ1n) is 10.9. The Kier molecular flexibility index (Phi) is 6.56. The van der Waals surface area contributed by atoms with E-state index in [1.54, 1.807) is 12.1 Å². The topological polar surface area (TPSA) is 46.1 Å². The van der Waals surface area contributed by atoms with E-state index in [2.05, 4.69) is 25.7 Å². The van der Waals surface area contributed by atoms with Crippen molar-refractivity contribution in [2.24, 2.45) is 5.92 Å². The van der Waals surface area contributed by atoms with Crippen LogP contribution in [0.5, 0.6) is 0 Å². The first kappa shape index (κ1) is 21.8. The van der Waals surface area contributed by atoms with Crippen LogP contribution in [0.15, 0.2) is 42.5 Å². The van der Waals surface area contributed by atoms with Gasteiger partial charge in [-0.3, -0.25) is 4.79 Å². The molecule has 3 aromatic rings. The van der Waals surface area contributed by atoms with Crippen LogP contribution in [0.2, 0.25) is 0 Å². The fourth-order valence-corrected chi connectivity index (χ4v) is 4.96. The van der Waals surface area contributed by atoms with E-state index in [1.165, 1.54) is 23.9 Å². The Hall–Kier alpha value is -2.47. The first-order valence-corrected chi connectivity index (χ1v) is 11.9. The number of hydrogen-bond donors (Lipinski definition) is 0. The predicted molar refractivity (Wildman–Crippen MR) is 127 cm³/mol. The molecule has 1 aromatic heterocycles. The summed E-state index contributed by atoms with van der Waals surface area (Å²) in [7, 11) is 0. The van der Waals surface area contributed by atoms with E-state index in [0.29, 0.717) is 17.5 Å². The standard InChI is InChI=1S/C25H28FN3OS/c1-16(2)12-14-31-25(30)19-8-11-21-22(15-19)28-24(29-13-4-5-17(29)3)23(27-21)18-6-9-20(26)10-7-18/h6-11,15-17H,4-5,12-14H2,1-3H3/t17-/m0/s1. The molecule has 4 nitrogen and oxygen atoms in total. The number of anilines is 1. The highest BCUT2D eigenvalue weighted by atomic mass is 32.2. The van der Waals surface area contributed by atoms with Crippen molar-refractivity contribution in [2.45, 2.75) is 46.1 Å². The third kappa shape index (κ3) is 4.90. The van der Waals surface area contributed by atoms with Crippen molar-refractivity contribution in [1.29, 1.82) is 0 Å². The lowest BCUT2D eigenvalue weighted by atomic mass is 10.1. The molecule has 0 aliphatic carbocycles. The summed E-state index contributed by atoms with van der Waals surface area (Å²) in [6.07, 6.45) is 3.23. The van der Waals surface area contributed by atoms with E-state index in [9.17, 15) is 9.18 Å². The van der Waals surface area contributed by atoms with Gasteiger partial charge in [0.1, 0.15) is 11.5 Å². The SMILES string of the molecule is CC(C)CCSC(=O)c1ccc2nc(-c3ccc(F)cc3)c(N3CCC[C@@H]3C)nc2c1. The molecule has 2 heterocycles. The minimum absolute atomic E-state index is 0.0723. The zero-order chi connectivity index (χ0) is 22.0. The molecular weight excluding hydrogens is 409 g/mol. The Balaban J connectivity index is 1.74. The minimum atomic E-state index is -0.272. The van der Waals surface area contributed by atoms with Crippen LogP contribution in [-0.2, 0) is 0 Å². The summed E-state index contributed by atoms with van der Waals surface area (Å²) in [5.41, 5.74) is 3.71. The van der Waals surface area contributed by atoms with Crippen LogP contribution >= 0.6 is 11.8 Å². The number of carbonyl (C=O) groups excluding carboxylic acids is 1. The van der Waals surface area contributed by atoms with Crippen LogP contribution in [0.1, 0.15) is 50.4 Å². The zero-order valence-corrected chi connectivity index (χ0v) is 19.1. The fraction of sp³-hybridized carbons (Fsp3) is 0.400. The van der Waals surface area contributed by atoms with Crippen LogP contribution in [0.25, 0.3) is 22.3 Å². The number of thioether (sulfide) groups is 1. The van der Waals surface area contributed by atoms with Crippen molar-refractivity contribution < 1.29 is 9.18 Å². The maximum absolute atomic E-state index is 13.5. The molecule has 162 valence electrons. The van der Waals surface area contributed by atoms with Crippen LogP contribution in [0.4, 0.5) is 10.2 Å². The Morgan fingerprint density at radius 2 is 1.94 bits per heavy atom. The second-order valence-electron chi connectivity index (χ2n) is 8.61. The molecule has 1 fully saturated rings. The lowest BCUT2D eigenvalue weighted by Gasteiger charge is -2.25. The Labute approximate surface area is 187 Å². The molecule has 31 heavy (non-hydrogen) atoms. The summed E-state index contributed by atoms with van der Waals surface area (Å²) < 4.78 is 13.5. The number of carbonyl (C=O) groups is 1. The molecule has 0 bridgehead atoms. The molecule has 0 spiro atoms. The molecule has 0 radical (unpaired) electrons. The monoisotopic (exact) mass is 437 g/mol. The Bertz CT molecular complexity index is 1080. The van der Waals surface area contributed by atoms with E-state index < -0.39 is 0 Å². The van der Waals surface area contributed by atoms with Gasteiger partial charge in [-0.05, 0) is 74.6 Å². The van der Waals surface area contributed by atoms with Gasteiger partial charge in [0.25, 0.3) is 0 Å². The van der Waals surface area contributed by atoms with Gasteiger partial charge in [0.2, 0.25) is 5.12 Å². The molecule has 6 heteroatoms. The number of aromatic nitrogens is 2. The molecule has 1 saturated heterocycles. The summed E-state index contributed by atoms with van der Waals surface area (Å²) in [6.45, 7) is 7.43. The maximum atomic E-state index is 13.5. The molecule has 0 N–H and O–H groups in total. The van der Waals surface area contributed by atoms with Crippen molar-refractivity contribution in [2.75, 3.05) is 17.2 Å². The Morgan fingerprint density at radius 3 is 2.61 bits per heavy atom. The average Bonchev–Trinajstić information content (AvgIpc) is 3.18. The number of nitrogens with zero attached hydrogens (tertiary/aromatic N) is 3. The quantitative estimate of drug-likeness (QED) is 0.450. The average molecular weight is 438 g/mol. The Morgan fingerprint density at radius 1 is 1.16 bits per heavy atom. The molecule has 1 aliphatic heterocycles. The van der Waals surface area contributed by atoms with Gasteiger partial charge in [0, 0.05) is 29.5 Å². The molecule has 0 unspecified atom stereocenters. The third-order valence-corrected chi connectivity index (χ3v) is 6.69. The van der Waals surface area contributed by atoms with Gasteiger partial charge in [-0.1, -0.05) is 25.6 Å². The van der Waals surface area contributed by atoms with Crippen LogP contribution in [-0.4, -0.2) is 33.4 Å². The molecule has 1 atom stereocenters. The van der Waals surface area contributed by atoms with Crippen molar-refractivity contribution in [3.63, 3.8) is 0 Å². The van der Waals surface area contributed by atoms with Crippen LogP contribution in [0.3, 0.4) is 0 Å². The third-order valence-electron chi connectivity index (χ3n) is 5.75. The highest BCUT2D eigenvalue weighted by Gasteiger charge is 2.26. The van der Waals surface area contributed by atoms with E-state index in [4.69, 9.17) is 9.97 Å². The highest BCUT2D eigenvalue weighted by molar-refractivity contribution is 8.14. The molecule has 2 aromatic carbocycles. The van der Waals surface area contributed by atoms with E-state index in [1.807, 2.05) is 18.2 Å². The zero-order valence-electron chi connectivity index (χ0n) is 18.3. The highest BCUT2D eigenvalue weighted by Crippen LogP contribution is 2.34. The lowest BCUT2D eigenvalue weighted by molar-refractivity contribution is 0.108. The summed E-state index contributed by atoms with van der Waals surface area (Å²) in [5, 5.41) is 0.0723. The van der Waals surface area contributed by atoms with Gasteiger partial charge < -0.3 is 4.90 Å². The maximum Gasteiger partial charge on any atom is 0.219 e. The number of rotatable bonds is 6. The molecular formula is C25H28FN3OS. The fourth-order valence-electron chi connectivity index (χ4n) is 3.89. The largest absolute Gasteiger partial charge is 0.352 e. The first-order chi connectivity index (χ1) is 14.9. The second-order valence-corrected chi connectivity index (χ2v) is 9.68. The van der Waals surface area contributed by atoms with Gasteiger partial charge in [0.15, 0.2) is 5.82 Å². The summed E-state index contributed by atoms with van der Waals surface area (Å²) in [4.78, 5) is 24.8. The van der Waals surface area contributed by atoms with E-state index >= 15 is 0 Å². The molecule has 4 rings (SSSR count). The number of benzene rings is 2. The van der Waals surface area contributed by atoms with Crippen molar-refractivity contribution in [3.8, 4) is 11.3 Å². The molecule has 1 aliphatic rings. The minimum Gasteiger partial charge on any atom is -0.352 e. The van der Waals surface area contributed by atoms with Crippen molar-refractivity contribution in [3.05, 3.63) is 53.8 Å². The normalized spacial score (nSPS) is 16.4. The van der Waals surface area contributed by atoms with E-state index in [0.717, 1.165) is 59.7 Å². The summed E-state index contributed by atoms with van der Waals surface area (Å²) in [6, 6.07) is 12.3. The smallest absolute Gasteiger partial charge is 0.219 e. The number of halogens is 1. The second kappa shape index (κ2) is 9.35. The van der Waals surface area contributed by atoms with Gasteiger partial charge in [-0.2, -0.15) is 0 Å². The van der Waals surface area contributed by atoms with Crippen LogP contribution < -0.4 is 4.90 Å². The summed E-state index contributed by atoms with van der Waals surface area (Å²) in [5.74, 6) is 1.94. The number of fused-ring (bicyclic) bond motifs is 1. The molecule has 0 amide bonds. The van der Waals surface area contributed by atoms with Gasteiger partial charge in [-0.15, -0.1) is 0 Å². The lowest BCUT2D eigenvalue weighted by Crippen LogP contribution is -2.28. The van der Waals surface area contributed by atoms with E-state index in [-0.39, 0.29) is 10.9 Å². The van der Waals surface area contributed by atoms with Gasteiger partial charge in [-0.25, -0.2) is 14.4 Å². The van der Waals surface area contributed by atoms with Crippen molar-refractivity contribution >= 4 is 33.7 Å². The summed E-state index contributed by atoms with van der Waals surface area (Å²) >= 11 is 1.36. The van der Waals surface area contributed by atoms with Gasteiger partial charge >= 0.3 is 0 Å². The number of hydrogen-bond acceptors (Lipinski definition) is 5. The predicted octanol–water partition coefficient (Wildman–Crippen LogP) is 6.34. The van der Waals surface area contributed by atoms with Crippen LogP contribution in [0, 0.1) is 11.7 Å². The van der Waals surface area contributed by atoms with Crippen molar-refractivity contribution in [1.82, 2.24) is 9.97 Å².